The molecular weight excluding hydrogens is 370 g/mol. The smallest absolute Gasteiger partial charge is 0.321 e. The van der Waals surface area contributed by atoms with Crippen molar-refractivity contribution >= 4 is 17.6 Å². The lowest BCUT2D eigenvalue weighted by Gasteiger charge is -2.32. The number of carbonyl (C=O) groups is 2. The Bertz CT molecular complexity index is 850. The van der Waals surface area contributed by atoms with Gasteiger partial charge < -0.3 is 25.0 Å². The molecule has 2 N–H and O–H groups in total. The van der Waals surface area contributed by atoms with Gasteiger partial charge in [-0.15, -0.1) is 0 Å². The van der Waals surface area contributed by atoms with E-state index in [-0.39, 0.29) is 24.0 Å². The molecule has 0 saturated carbocycles. The summed E-state index contributed by atoms with van der Waals surface area (Å²) in [7, 11) is 0. The molecule has 0 unspecified atom stereocenters. The number of carbonyl (C=O) groups excluding carboxylic acids is 2. The van der Waals surface area contributed by atoms with Crippen molar-refractivity contribution in [2.75, 3.05) is 31.6 Å². The molecule has 0 spiro atoms. The van der Waals surface area contributed by atoms with Crippen molar-refractivity contribution in [3.8, 4) is 11.5 Å². The second-order valence-electron chi connectivity index (χ2n) is 7.30. The molecule has 1 saturated heterocycles. The van der Waals surface area contributed by atoms with Gasteiger partial charge in [0.25, 0.3) is 0 Å². The molecule has 7 heteroatoms. The first kappa shape index (κ1) is 19.1. The number of anilines is 1. The number of benzene rings is 2. The van der Waals surface area contributed by atoms with Gasteiger partial charge in [-0.3, -0.25) is 4.79 Å². The maximum Gasteiger partial charge on any atom is 0.321 e. The molecule has 2 heterocycles. The fourth-order valence-electron chi connectivity index (χ4n) is 3.59. The van der Waals surface area contributed by atoms with Gasteiger partial charge in [0, 0.05) is 24.7 Å². The third kappa shape index (κ3) is 4.80. The highest BCUT2D eigenvalue weighted by Gasteiger charge is 2.28. The van der Waals surface area contributed by atoms with Crippen LogP contribution in [0.4, 0.5) is 10.5 Å². The molecule has 7 nitrogen and oxygen atoms in total. The molecular formula is C22H25N3O4. The van der Waals surface area contributed by atoms with Crippen LogP contribution >= 0.6 is 0 Å². The van der Waals surface area contributed by atoms with Gasteiger partial charge in [0.05, 0.1) is 6.54 Å². The van der Waals surface area contributed by atoms with Crippen molar-refractivity contribution < 1.29 is 19.1 Å². The molecule has 2 aliphatic rings. The van der Waals surface area contributed by atoms with Gasteiger partial charge in [-0.05, 0) is 37.1 Å². The summed E-state index contributed by atoms with van der Waals surface area (Å²) < 4.78 is 11.5. The monoisotopic (exact) mass is 395 g/mol. The SMILES string of the molecule is O=C(NC[C@H]1COc2ccccc2O1)C1CCN(C(=O)Nc2ccccc2)CC1. The summed E-state index contributed by atoms with van der Waals surface area (Å²) in [5.41, 5.74) is 0.772. The minimum absolute atomic E-state index is 0.00979. The number of hydrogen-bond donors (Lipinski definition) is 2. The van der Waals surface area contributed by atoms with Crippen molar-refractivity contribution in [3.05, 3.63) is 54.6 Å². The van der Waals surface area contributed by atoms with Crippen molar-refractivity contribution in [2.24, 2.45) is 5.92 Å². The Balaban J connectivity index is 1.20. The molecule has 2 aromatic carbocycles. The Hall–Kier alpha value is -3.22. The normalized spacial score (nSPS) is 18.8. The summed E-state index contributed by atoms with van der Waals surface area (Å²) in [5.74, 6) is 1.36. The number of nitrogens with zero attached hydrogens (tertiary/aromatic N) is 1. The van der Waals surface area contributed by atoms with Gasteiger partial charge in [0.15, 0.2) is 11.5 Å². The highest BCUT2D eigenvalue weighted by atomic mass is 16.6. The third-order valence-corrected chi connectivity index (χ3v) is 5.25. The van der Waals surface area contributed by atoms with Crippen LogP contribution in [0, 0.1) is 5.92 Å². The van der Waals surface area contributed by atoms with E-state index in [0.717, 1.165) is 11.4 Å². The maximum absolute atomic E-state index is 12.5. The van der Waals surface area contributed by atoms with Crippen molar-refractivity contribution in [3.63, 3.8) is 0 Å². The lowest BCUT2D eigenvalue weighted by molar-refractivity contribution is -0.126. The van der Waals surface area contributed by atoms with Gasteiger partial charge in [-0.1, -0.05) is 30.3 Å². The quantitative estimate of drug-likeness (QED) is 0.834. The zero-order chi connectivity index (χ0) is 20.1. The van der Waals surface area contributed by atoms with E-state index in [4.69, 9.17) is 9.47 Å². The second kappa shape index (κ2) is 8.86. The molecule has 1 atom stereocenters. The fourth-order valence-corrected chi connectivity index (χ4v) is 3.59. The number of piperidine rings is 1. The predicted octanol–water partition coefficient (Wildman–Crippen LogP) is 2.89. The lowest BCUT2D eigenvalue weighted by Crippen LogP contribution is -2.47. The number of amides is 3. The number of fused-ring (bicyclic) bond motifs is 1. The Morgan fingerprint density at radius 3 is 2.41 bits per heavy atom. The molecule has 0 radical (unpaired) electrons. The van der Waals surface area contributed by atoms with Crippen LogP contribution in [0.2, 0.25) is 0 Å². The van der Waals surface area contributed by atoms with Crippen LogP contribution in [0.5, 0.6) is 11.5 Å². The summed E-state index contributed by atoms with van der Waals surface area (Å²) in [6.07, 6.45) is 1.10. The molecule has 0 bridgehead atoms. The fraction of sp³-hybridized carbons (Fsp3) is 0.364. The average Bonchev–Trinajstić information content (AvgIpc) is 2.78. The van der Waals surface area contributed by atoms with Gasteiger partial charge >= 0.3 is 6.03 Å². The van der Waals surface area contributed by atoms with E-state index in [2.05, 4.69) is 10.6 Å². The standard InChI is InChI=1S/C22H25N3O4/c26-21(23-14-18-15-28-19-8-4-5-9-20(19)29-18)16-10-12-25(13-11-16)22(27)24-17-6-2-1-3-7-17/h1-9,16,18H,10-15H2,(H,23,26)(H,24,27)/t18-/m0/s1. The molecule has 2 aromatic rings. The zero-order valence-electron chi connectivity index (χ0n) is 16.2. The summed E-state index contributed by atoms with van der Waals surface area (Å²) in [6.45, 7) is 1.94. The van der Waals surface area contributed by atoms with E-state index in [1.54, 1.807) is 4.90 Å². The highest BCUT2D eigenvalue weighted by Crippen LogP contribution is 2.30. The number of ether oxygens (including phenoxy) is 2. The first-order chi connectivity index (χ1) is 14.2. The maximum atomic E-state index is 12.5. The van der Waals surface area contributed by atoms with Crippen LogP contribution in [0.15, 0.2) is 54.6 Å². The molecule has 3 amide bonds. The number of likely N-dealkylation sites (tertiary alicyclic amines) is 1. The van der Waals surface area contributed by atoms with Crippen LogP contribution in [0.1, 0.15) is 12.8 Å². The van der Waals surface area contributed by atoms with E-state index < -0.39 is 0 Å². The van der Waals surface area contributed by atoms with Gasteiger partial charge in [0.2, 0.25) is 5.91 Å². The molecule has 0 aliphatic carbocycles. The predicted molar refractivity (Wildman–Crippen MR) is 109 cm³/mol. The van der Waals surface area contributed by atoms with E-state index in [1.165, 1.54) is 0 Å². The first-order valence-corrected chi connectivity index (χ1v) is 9.96. The topological polar surface area (TPSA) is 79.9 Å². The molecule has 4 rings (SSSR count). The molecule has 1 fully saturated rings. The molecule has 152 valence electrons. The Labute approximate surface area is 170 Å². The van der Waals surface area contributed by atoms with Crippen molar-refractivity contribution in [1.82, 2.24) is 10.2 Å². The van der Waals surface area contributed by atoms with Crippen LogP contribution in [0.3, 0.4) is 0 Å². The largest absolute Gasteiger partial charge is 0.486 e. The molecule has 29 heavy (non-hydrogen) atoms. The van der Waals surface area contributed by atoms with E-state index >= 15 is 0 Å². The first-order valence-electron chi connectivity index (χ1n) is 9.96. The summed E-state index contributed by atoms with van der Waals surface area (Å²) in [5, 5.41) is 5.86. The van der Waals surface area contributed by atoms with E-state index in [1.807, 2.05) is 54.6 Å². The minimum Gasteiger partial charge on any atom is -0.486 e. The number of hydrogen-bond acceptors (Lipinski definition) is 4. The molecule has 0 aromatic heterocycles. The van der Waals surface area contributed by atoms with Crippen LogP contribution in [-0.2, 0) is 4.79 Å². The Morgan fingerprint density at radius 2 is 1.66 bits per heavy atom. The van der Waals surface area contributed by atoms with E-state index in [0.29, 0.717) is 44.8 Å². The van der Waals surface area contributed by atoms with Gasteiger partial charge in [0.1, 0.15) is 12.7 Å². The molecule has 2 aliphatic heterocycles. The number of para-hydroxylation sites is 3. The summed E-state index contributed by atoms with van der Waals surface area (Å²) >= 11 is 0. The minimum atomic E-state index is -0.203. The van der Waals surface area contributed by atoms with Crippen molar-refractivity contribution in [2.45, 2.75) is 18.9 Å². The second-order valence-corrected chi connectivity index (χ2v) is 7.30. The van der Waals surface area contributed by atoms with Gasteiger partial charge in [-0.25, -0.2) is 4.79 Å². The number of urea groups is 1. The number of rotatable bonds is 4. The van der Waals surface area contributed by atoms with Crippen molar-refractivity contribution in [1.29, 1.82) is 0 Å². The van der Waals surface area contributed by atoms with Crippen LogP contribution < -0.4 is 20.1 Å². The lowest BCUT2D eigenvalue weighted by atomic mass is 9.96. The Morgan fingerprint density at radius 1 is 0.966 bits per heavy atom. The highest BCUT2D eigenvalue weighted by molar-refractivity contribution is 5.89. The zero-order valence-corrected chi connectivity index (χ0v) is 16.2. The number of nitrogens with one attached hydrogen (secondary N) is 2. The summed E-state index contributed by atoms with van der Waals surface area (Å²) in [4.78, 5) is 26.6. The summed E-state index contributed by atoms with van der Waals surface area (Å²) in [6, 6.07) is 16.8. The Kier molecular flexibility index (Phi) is 5.84. The van der Waals surface area contributed by atoms with Gasteiger partial charge in [-0.2, -0.15) is 0 Å². The van der Waals surface area contributed by atoms with Crippen LogP contribution in [0.25, 0.3) is 0 Å². The van der Waals surface area contributed by atoms with E-state index in [9.17, 15) is 9.59 Å². The average molecular weight is 395 g/mol. The third-order valence-electron chi connectivity index (χ3n) is 5.25. The van der Waals surface area contributed by atoms with Crippen LogP contribution in [-0.4, -0.2) is 49.2 Å².